The van der Waals surface area contributed by atoms with E-state index in [2.05, 4.69) is 0 Å². The zero-order valence-electron chi connectivity index (χ0n) is 16.3. The summed E-state index contributed by atoms with van der Waals surface area (Å²) in [6, 6.07) is 12.6. The quantitative estimate of drug-likeness (QED) is 0.594. The molecule has 0 saturated heterocycles. The van der Waals surface area contributed by atoms with Gasteiger partial charge < -0.3 is 14.2 Å². The number of methoxy groups -OCH3 is 2. The first-order valence-corrected chi connectivity index (χ1v) is 9.16. The van der Waals surface area contributed by atoms with Crippen LogP contribution in [0.25, 0.3) is 0 Å². The van der Waals surface area contributed by atoms with Crippen LogP contribution in [-0.2, 0) is 16.0 Å². The van der Waals surface area contributed by atoms with Crippen LogP contribution >= 0.6 is 0 Å². The molecule has 0 bridgehead atoms. The molecular weight excluding hydrogens is 347 g/mol. The summed E-state index contributed by atoms with van der Waals surface area (Å²) < 4.78 is 29.8. The molecule has 0 N–H and O–H groups in total. The lowest BCUT2D eigenvalue weighted by Crippen LogP contribution is -2.26. The van der Waals surface area contributed by atoms with Crippen molar-refractivity contribution in [2.24, 2.45) is 5.92 Å². The number of carbonyl (C=O) groups is 1. The molecule has 0 saturated carbocycles. The average molecular weight is 374 g/mol. The van der Waals surface area contributed by atoms with Gasteiger partial charge in [0.25, 0.3) is 0 Å². The molecule has 0 aromatic heterocycles. The van der Waals surface area contributed by atoms with Gasteiger partial charge in [-0.25, -0.2) is 4.39 Å². The fourth-order valence-electron chi connectivity index (χ4n) is 3.29. The Hall–Kier alpha value is -2.56. The minimum Gasteiger partial charge on any atom is -0.497 e. The molecule has 0 aliphatic rings. The monoisotopic (exact) mass is 374 g/mol. The summed E-state index contributed by atoms with van der Waals surface area (Å²) in [7, 11) is 3.05. The number of rotatable bonds is 9. The Balaban J connectivity index is 2.39. The zero-order chi connectivity index (χ0) is 19.8. The third-order valence-corrected chi connectivity index (χ3v) is 4.73. The van der Waals surface area contributed by atoms with E-state index in [4.69, 9.17) is 14.2 Å². The smallest absolute Gasteiger partial charge is 0.309 e. The zero-order valence-corrected chi connectivity index (χ0v) is 16.3. The van der Waals surface area contributed by atoms with E-state index in [1.54, 1.807) is 20.1 Å². The number of carbonyl (C=O) groups excluding carboxylic acids is 1. The highest BCUT2D eigenvalue weighted by molar-refractivity contribution is 5.73. The highest BCUT2D eigenvalue weighted by atomic mass is 19.1. The molecule has 146 valence electrons. The van der Waals surface area contributed by atoms with Gasteiger partial charge >= 0.3 is 5.97 Å². The first kappa shape index (κ1) is 20.7. The van der Waals surface area contributed by atoms with Gasteiger partial charge in [-0.2, -0.15) is 0 Å². The van der Waals surface area contributed by atoms with Crippen LogP contribution in [0.4, 0.5) is 4.39 Å². The Bertz CT molecular complexity index is 742. The first-order chi connectivity index (χ1) is 13.0. The van der Waals surface area contributed by atoms with Crippen LogP contribution in [0.5, 0.6) is 11.5 Å². The summed E-state index contributed by atoms with van der Waals surface area (Å²) in [6.45, 7) is 4.06. The summed E-state index contributed by atoms with van der Waals surface area (Å²) in [4.78, 5) is 12.5. The van der Waals surface area contributed by atoms with E-state index in [-0.39, 0.29) is 23.6 Å². The van der Waals surface area contributed by atoms with Crippen molar-refractivity contribution in [3.8, 4) is 11.5 Å². The highest BCUT2D eigenvalue weighted by Crippen LogP contribution is 2.34. The van der Waals surface area contributed by atoms with Crippen LogP contribution in [0.2, 0.25) is 0 Å². The minimum absolute atomic E-state index is 0.186. The maximum Gasteiger partial charge on any atom is 0.309 e. The van der Waals surface area contributed by atoms with Crippen molar-refractivity contribution in [3.63, 3.8) is 0 Å². The lowest BCUT2D eigenvalue weighted by Gasteiger charge is -2.26. The summed E-state index contributed by atoms with van der Waals surface area (Å²) in [5.41, 5.74) is 1.80. The molecule has 2 unspecified atom stereocenters. The van der Waals surface area contributed by atoms with E-state index < -0.39 is 5.82 Å². The van der Waals surface area contributed by atoms with E-state index in [1.165, 1.54) is 13.2 Å². The van der Waals surface area contributed by atoms with Crippen molar-refractivity contribution in [1.82, 2.24) is 0 Å². The fraction of sp³-hybridized carbons (Fsp3) is 0.409. The standard InChI is InChI=1S/C22H27FO4/c1-5-18(22(24)27-6-2)19(13-15-7-10-17(25-3)11-8-15)16-9-12-21(26-4)20(23)14-16/h7-12,14,18-19H,5-6,13H2,1-4H3. The van der Waals surface area contributed by atoms with Crippen molar-refractivity contribution in [2.75, 3.05) is 20.8 Å². The molecule has 0 radical (unpaired) electrons. The second-order valence-electron chi connectivity index (χ2n) is 6.32. The number of ether oxygens (including phenoxy) is 3. The molecule has 2 rings (SSSR count). The Morgan fingerprint density at radius 3 is 2.26 bits per heavy atom. The van der Waals surface area contributed by atoms with E-state index in [0.717, 1.165) is 16.9 Å². The first-order valence-electron chi connectivity index (χ1n) is 9.16. The van der Waals surface area contributed by atoms with E-state index in [9.17, 15) is 9.18 Å². The molecule has 0 fully saturated rings. The van der Waals surface area contributed by atoms with E-state index in [1.807, 2.05) is 37.3 Å². The van der Waals surface area contributed by atoms with Crippen molar-refractivity contribution < 1.29 is 23.4 Å². The van der Waals surface area contributed by atoms with Crippen molar-refractivity contribution >= 4 is 5.97 Å². The Labute approximate surface area is 160 Å². The number of hydrogen-bond donors (Lipinski definition) is 0. The predicted octanol–water partition coefficient (Wildman–Crippen LogP) is 4.76. The van der Waals surface area contributed by atoms with Gasteiger partial charge in [0, 0.05) is 5.92 Å². The van der Waals surface area contributed by atoms with E-state index >= 15 is 0 Å². The fourth-order valence-corrected chi connectivity index (χ4v) is 3.29. The van der Waals surface area contributed by atoms with Crippen LogP contribution in [-0.4, -0.2) is 26.8 Å². The molecule has 2 aromatic carbocycles. The van der Waals surface area contributed by atoms with Gasteiger partial charge in [0.05, 0.1) is 26.7 Å². The molecular formula is C22H27FO4. The molecule has 0 heterocycles. The maximum atomic E-state index is 14.3. The lowest BCUT2D eigenvalue weighted by atomic mass is 9.80. The predicted molar refractivity (Wildman–Crippen MR) is 103 cm³/mol. The van der Waals surface area contributed by atoms with Gasteiger partial charge in [0.1, 0.15) is 5.75 Å². The van der Waals surface area contributed by atoms with Gasteiger partial charge in [-0.15, -0.1) is 0 Å². The third-order valence-electron chi connectivity index (χ3n) is 4.73. The van der Waals surface area contributed by atoms with E-state index in [0.29, 0.717) is 19.4 Å². The SMILES string of the molecule is CCOC(=O)C(CC)C(Cc1ccc(OC)cc1)c1ccc(OC)c(F)c1. The van der Waals surface area contributed by atoms with Crippen molar-refractivity contribution in [2.45, 2.75) is 32.6 Å². The van der Waals surface area contributed by atoms with Crippen LogP contribution in [0.15, 0.2) is 42.5 Å². The topological polar surface area (TPSA) is 44.8 Å². The van der Waals surface area contributed by atoms with Crippen LogP contribution in [0, 0.1) is 11.7 Å². The number of esters is 1. The Morgan fingerprint density at radius 2 is 1.74 bits per heavy atom. The lowest BCUT2D eigenvalue weighted by molar-refractivity contribution is -0.149. The van der Waals surface area contributed by atoms with Gasteiger partial charge in [0.15, 0.2) is 11.6 Å². The average Bonchev–Trinajstić information content (AvgIpc) is 2.68. The van der Waals surface area contributed by atoms with Gasteiger partial charge in [-0.1, -0.05) is 25.1 Å². The van der Waals surface area contributed by atoms with Gasteiger partial charge in [-0.05, 0) is 55.2 Å². The normalized spacial score (nSPS) is 12.9. The van der Waals surface area contributed by atoms with Crippen molar-refractivity contribution in [3.05, 3.63) is 59.4 Å². The summed E-state index contributed by atoms with van der Waals surface area (Å²) in [5.74, 6) is -0.305. The molecule has 0 aliphatic heterocycles. The summed E-state index contributed by atoms with van der Waals surface area (Å²) in [5, 5.41) is 0. The van der Waals surface area contributed by atoms with Crippen LogP contribution in [0.1, 0.15) is 37.3 Å². The van der Waals surface area contributed by atoms with Gasteiger partial charge in [-0.3, -0.25) is 4.79 Å². The molecule has 27 heavy (non-hydrogen) atoms. The molecule has 2 atom stereocenters. The van der Waals surface area contributed by atoms with Crippen molar-refractivity contribution in [1.29, 1.82) is 0 Å². The summed E-state index contributed by atoms with van der Waals surface area (Å²) in [6.07, 6.45) is 1.19. The minimum atomic E-state index is -0.437. The molecule has 5 heteroatoms. The Kier molecular flexibility index (Phi) is 7.65. The second-order valence-corrected chi connectivity index (χ2v) is 6.32. The molecule has 2 aromatic rings. The molecule has 0 spiro atoms. The van der Waals surface area contributed by atoms with Crippen LogP contribution in [0.3, 0.4) is 0 Å². The molecule has 0 aliphatic carbocycles. The number of halogens is 1. The van der Waals surface area contributed by atoms with Crippen LogP contribution < -0.4 is 9.47 Å². The largest absolute Gasteiger partial charge is 0.497 e. The number of hydrogen-bond acceptors (Lipinski definition) is 4. The highest BCUT2D eigenvalue weighted by Gasteiger charge is 2.30. The summed E-state index contributed by atoms with van der Waals surface area (Å²) >= 11 is 0. The second kappa shape index (κ2) is 9.95. The molecule has 0 amide bonds. The maximum absolute atomic E-state index is 14.3. The number of benzene rings is 2. The Morgan fingerprint density at radius 1 is 1.04 bits per heavy atom. The molecule has 4 nitrogen and oxygen atoms in total. The van der Waals surface area contributed by atoms with Gasteiger partial charge in [0.2, 0.25) is 0 Å². The third kappa shape index (κ3) is 5.22.